The molecule has 0 aliphatic heterocycles. The minimum absolute atomic E-state index is 0.202. The van der Waals surface area contributed by atoms with Crippen LogP contribution in [0.15, 0.2) is 18.2 Å². The van der Waals surface area contributed by atoms with Crippen molar-refractivity contribution in [3.05, 3.63) is 28.7 Å². The van der Waals surface area contributed by atoms with Crippen molar-refractivity contribution < 1.29 is 24.2 Å². The number of allylic oxidation sites excluding steroid dienone is 2. The first-order chi connectivity index (χ1) is 11.8. The molecule has 1 aromatic rings. The van der Waals surface area contributed by atoms with Crippen molar-refractivity contribution in [3.63, 3.8) is 0 Å². The maximum absolute atomic E-state index is 12.6. The van der Waals surface area contributed by atoms with Gasteiger partial charge in [0.2, 0.25) is 5.91 Å². The predicted molar refractivity (Wildman–Crippen MR) is 96.0 cm³/mol. The molecule has 2 rings (SSSR count). The monoisotopic (exact) mass is 365 g/mol. The van der Waals surface area contributed by atoms with Crippen LogP contribution in [-0.4, -0.2) is 29.6 Å². The molecule has 0 fully saturated rings. The number of esters is 1. The van der Waals surface area contributed by atoms with Crippen LogP contribution in [0.3, 0.4) is 0 Å². The molecular formula is C18H23NO5S. The van der Waals surface area contributed by atoms with E-state index in [1.807, 2.05) is 19.9 Å². The normalized spacial score (nSPS) is 19.7. The van der Waals surface area contributed by atoms with Crippen LogP contribution in [0, 0.1) is 11.8 Å². The van der Waals surface area contributed by atoms with Crippen molar-refractivity contribution in [2.24, 2.45) is 11.8 Å². The maximum Gasteiger partial charge on any atom is 0.341 e. The van der Waals surface area contributed by atoms with Crippen LogP contribution in [0.25, 0.3) is 0 Å². The van der Waals surface area contributed by atoms with Crippen molar-refractivity contribution >= 4 is 34.2 Å². The third-order valence-electron chi connectivity index (χ3n) is 4.14. The lowest BCUT2D eigenvalue weighted by Gasteiger charge is -2.24. The molecule has 0 spiro atoms. The number of carboxylic acids is 1. The topological polar surface area (TPSA) is 92.7 Å². The molecule has 0 saturated carbocycles. The van der Waals surface area contributed by atoms with Crippen LogP contribution in [0.2, 0.25) is 0 Å². The number of hydrogen-bond acceptors (Lipinski definition) is 5. The van der Waals surface area contributed by atoms with Crippen molar-refractivity contribution in [2.75, 3.05) is 11.9 Å². The summed E-state index contributed by atoms with van der Waals surface area (Å²) < 4.78 is 5.06. The van der Waals surface area contributed by atoms with Gasteiger partial charge in [0.15, 0.2) is 0 Å². The molecule has 7 heteroatoms. The van der Waals surface area contributed by atoms with Crippen LogP contribution in [-0.2, 0) is 14.3 Å². The lowest BCUT2D eigenvalue weighted by Crippen LogP contribution is -2.34. The Bertz CT molecular complexity index is 692. The second kappa shape index (κ2) is 8.29. The van der Waals surface area contributed by atoms with E-state index in [2.05, 4.69) is 5.32 Å². The molecule has 1 amide bonds. The molecule has 0 aromatic carbocycles. The van der Waals surface area contributed by atoms with Crippen molar-refractivity contribution in [1.82, 2.24) is 0 Å². The van der Waals surface area contributed by atoms with E-state index in [0.29, 0.717) is 23.4 Å². The van der Waals surface area contributed by atoms with Gasteiger partial charge in [0.05, 0.1) is 24.0 Å². The van der Waals surface area contributed by atoms with E-state index in [1.165, 1.54) is 11.3 Å². The zero-order valence-electron chi connectivity index (χ0n) is 14.6. The molecule has 2 unspecified atom stereocenters. The number of rotatable bonds is 6. The highest BCUT2D eigenvalue weighted by Gasteiger charge is 2.34. The van der Waals surface area contributed by atoms with Crippen molar-refractivity contribution in [1.29, 1.82) is 0 Å². The van der Waals surface area contributed by atoms with E-state index in [0.717, 1.165) is 4.88 Å². The Morgan fingerprint density at radius 1 is 1.28 bits per heavy atom. The molecule has 2 N–H and O–H groups in total. The highest BCUT2D eigenvalue weighted by molar-refractivity contribution is 7.16. The second-order valence-corrected chi connectivity index (χ2v) is 7.33. The largest absolute Gasteiger partial charge is 0.481 e. The summed E-state index contributed by atoms with van der Waals surface area (Å²) in [5.74, 6) is -3.04. The molecule has 1 heterocycles. The molecule has 136 valence electrons. The molecule has 6 nitrogen and oxygen atoms in total. The van der Waals surface area contributed by atoms with Crippen molar-refractivity contribution in [3.8, 4) is 0 Å². The van der Waals surface area contributed by atoms with Crippen molar-refractivity contribution in [2.45, 2.75) is 39.5 Å². The number of carbonyl (C=O) groups is 3. The summed E-state index contributed by atoms with van der Waals surface area (Å²) in [6.45, 7) is 5.96. The third kappa shape index (κ3) is 4.48. The molecule has 25 heavy (non-hydrogen) atoms. The van der Waals surface area contributed by atoms with E-state index in [9.17, 15) is 19.5 Å². The summed E-state index contributed by atoms with van der Waals surface area (Å²) in [6.07, 6.45) is 4.32. The Labute approximate surface area is 150 Å². The molecule has 1 aromatic heterocycles. The molecule has 0 radical (unpaired) electrons. The van der Waals surface area contributed by atoms with E-state index < -0.39 is 23.8 Å². The van der Waals surface area contributed by atoms with Gasteiger partial charge in [-0.25, -0.2) is 4.79 Å². The molecule has 1 aliphatic carbocycles. The fourth-order valence-corrected chi connectivity index (χ4v) is 3.78. The smallest absolute Gasteiger partial charge is 0.341 e. The van der Waals surface area contributed by atoms with Gasteiger partial charge in [-0.2, -0.15) is 0 Å². The SMILES string of the molecule is CCOC(=O)c1cc(C(C)C)sc1NC(=O)C1CC=CCC1C(=O)O. The first-order valence-electron chi connectivity index (χ1n) is 8.34. The second-order valence-electron chi connectivity index (χ2n) is 6.25. The lowest BCUT2D eigenvalue weighted by atomic mass is 9.82. The average Bonchev–Trinajstić information content (AvgIpc) is 2.99. The van der Waals surface area contributed by atoms with Crippen LogP contribution in [0.5, 0.6) is 0 Å². The summed E-state index contributed by atoms with van der Waals surface area (Å²) in [7, 11) is 0. The summed E-state index contributed by atoms with van der Waals surface area (Å²) in [6, 6.07) is 1.73. The number of hydrogen-bond donors (Lipinski definition) is 2. The minimum Gasteiger partial charge on any atom is -0.481 e. The van der Waals surface area contributed by atoms with Crippen LogP contribution >= 0.6 is 11.3 Å². The summed E-state index contributed by atoms with van der Waals surface area (Å²) in [5, 5.41) is 12.5. The van der Waals surface area contributed by atoms with Gasteiger partial charge in [0.25, 0.3) is 0 Å². The molecular weight excluding hydrogens is 342 g/mol. The van der Waals surface area contributed by atoms with Gasteiger partial charge in [-0.1, -0.05) is 26.0 Å². The Morgan fingerprint density at radius 2 is 1.92 bits per heavy atom. The van der Waals surface area contributed by atoms with E-state index in [4.69, 9.17) is 4.74 Å². The Kier molecular flexibility index (Phi) is 6.36. The average molecular weight is 365 g/mol. The van der Waals surface area contributed by atoms with Crippen LogP contribution in [0.1, 0.15) is 54.8 Å². The minimum atomic E-state index is -0.982. The fourth-order valence-electron chi connectivity index (χ4n) is 2.73. The number of carbonyl (C=O) groups excluding carboxylic acids is 2. The molecule has 0 bridgehead atoms. The Balaban J connectivity index is 2.25. The van der Waals surface area contributed by atoms with E-state index in [-0.39, 0.29) is 18.4 Å². The predicted octanol–water partition coefficient (Wildman–Crippen LogP) is 3.65. The zero-order valence-corrected chi connectivity index (χ0v) is 15.4. The first kappa shape index (κ1) is 19.2. The number of thiophene rings is 1. The number of amides is 1. The molecule has 0 saturated heterocycles. The number of carboxylic acid groups (broad SMARTS) is 1. The van der Waals surface area contributed by atoms with Gasteiger partial charge >= 0.3 is 11.9 Å². The van der Waals surface area contributed by atoms with Crippen LogP contribution in [0.4, 0.5) is 5.00 Å². The summed E-state index contributed by atoms with van der Waals surface area (Å²) in [5.41, 5.74) is 0.321. The third-order valence-corrected chi connectivity index (χ3v) is 5.49. The highest BCUT2D eigenvalue weighted by atomic mass is 32.1. The standard InChI is InChI=1S/C18H23NO5S/c1-4-24-18(23)13-9-14(10(2)3)25-16(13)19-15(20)11-7-5-6-8-12(11)17(21)22/h5-6,9-12H,4,7-8H2,1-3H3,(H,19,20)(H,21,22). The first-order valence-corrected chi connectivity index (χ1v) is 9.16. The van der Waals surface area contributed by atoms with Gasteiger partial charge in [0.1, 0.15) is 5.00 Å². The highest BCUT2D eigenvalue weighted by Crippen LogP contribution is 2.35. The Hall–Kier alpha value is -2.15. The summed E-state index contributed by atoms with van der Waals surface area (Å²) in [4.78, 5) is 37.1. The van der Waals surface area contributed by atoms with Gasteiger partial charge in [0, 0.05) is 4.88 Å². The molecule has 2 atom stereocenters. The lowest BCUT2D eigenvalue weighted by molar-refractivity contribution is -0.146. The van der Waals surface area contributed by atoms with E-state index in [1.54, 1.807) is 19.1 Å². The number of anilines is 1. The maximum atomic E-state index is 12.6. The van der Waals surface area contributed by atoms with Gasteiger partial charge in [-0.05, 0) is 31.7 Å². The summed E-state index contributed by atoms with van der Waals surface area (Å²) >= 11 is 1.33. The van der Waals surface area contributed by atoms with Gasteiger partial charge < -0.3 is 15.2 Å². The number of ether oxygens (including phenoxy) is 1. The number of nitrogens with one attached hydrogen (secondary N) is 1. The Morgan fingerprint density at radius 3 is 2.48 bits per heavy atom. The molecule has 1 aliphatic rings. The zero-order chi connectivity index (χ0) is 18.6. The number of aliphatic carboxylic acids is 1. The van der Waals surface area contributed by atoms with Gasteiger partial charge in [-0.15, -0.1) is 11.3 Å². The fraction of sp³-hybridized carbons (Fsp3) is 0.500. The van der Waals surface area contributed by atoms with E-state index >= 15 is 0 Å². The van der Waals surface area contributed by atoms with Crippen LogP contribution < -0.4 is 5.32 Å². The van der Waals surface area contributed by atoms with Gasteiger partial charge in [-0.3, -0.25) is 9.59 Å². The quantitative estimate of drug-likeness (QED) is 0.593.